The van der Waals surface area contributed by atoms with Crippen molar-refractivity contribution in [2.45, 2.75) is 6.92 Å². The van der Waals surface area contributed by atoms with E-state index >= 15 is 0 Å². The fraction of sp³-hybridized carbons (Fsp3) is 0.0625. The van der Waals surface area contributed by atoms with Crippen molar-refractivity contribution in [3.8, 4) is 11.5 Å². The fourth-order valence-electron chi connectivity index (χ4n) is 1.70. The van der Waals surface area contributed by atoms with E-state index < -0.39 is 5.97 Å². The minimum atomic E-state index is -1.01. The molecular formula is C16H12BrClO3. The maximum Gasteiger partial charge on any atom is 0.328 e. The second kappa shape index (κ2) is 6.78. The summed E-state index contributed by atoms with van der Waals surface area (Å²) in [7, 11) is 0. The zero-order valence-corrected chi connectivity index (χ0v) is 13.5. The van der Waals surface area contributed by atoms with E-state index in [4.69, 9.17) is 21.4 Å². The van der Waals surface area contributed by atoms with Gasteiger partial charge < -0.3 is 9.84 Å². The summed E-state index contributed by atoms with van der Waals surface area (Å²) in [4.78, 5) is 10.6. The van der Waals surface area contributed by atoms with Crippen molar-refractivity contribution in [2.75, 3.05) is 0 Å². The van der Waals surface area contributed by atoms with Gasteiger partial charge in [0, 0.05) is 21.1 Å². The Kier molecular flexibility index (Phi) is 5.04. The molecule has 2 rings (SSSR count). The third-order valence-corrected chi connectivity index (χ3v) is 3.66. The molecule has 0 saturated heterocycles. The SMILES string of the molecule is Cc1cc(Oc2cc(Br)ccc2/C=C/C(=O)O)ccc1Cl. The first kappa shape index (κ1) is 15.6. The van der Waals surface area contributed by atoms with E-state index in [9.17, 15) is 4.79 Å². The Morgan fingerprint density at radius 1 is 1.29 bits per heavy atom. The molecule has 21 heavy (non-hydrogen) atoms. The maximum absolute atomic E-state index is 10.6. The Morgan fingerprint density at radius 3 is 2.71 bits per heavy atom. The van der Waals surface area contributed by atoms with Crippen LogP contribution < -0.4 is 4.74 Å². The number of carboxylic acids is 1. The number of carboxylic acid groups (broad SMARTS) is 1. The van der Waals surface area contributed by atoms with Crippen LogP contribution in [0.2, 0.25) is 5.02 Å². The van der Waals surface area contributed by atoms with Crippen molar-refractivity contribution in [3.05, 3.63) is 63.1 Å². The normalized spacial score (nSPS) is 10.8. The molecule has 2 aromatic carbocycles. The van der Waals surface area contributed by atoms with Gasteiger partial charge in [0.15, 0.2) is 0 Å². The van der Waals surface area contributed by atoms with Gasteiger partial charge in [0.05, 0.1) is 0 Å². The molecule has 0 amide bonds. The number of halogens is 2. The summed E-state index contributed by atoms with van der Waals surface area (Å²) in [5.41, 5.74) is 1.58. The summed E-state index contributed by atoms with van der Waals surface area (Å²) in [5, 5.41) is 9.39. The highest BCUT2D eigenvalue weighted by Crippen LogP contribution is 2.31. The maximum atomic E-state index is 10.6. The molecule has 0 unspecified atom stereocenters. The van der Waals surface area contributed by atoms with Crippen LogP contribution >= 0.6 is 27.5 Å². The summed E-state index contributed by atoms with van der Waals surface area (Å²) in [5.74, 6) is 0.190. The van der Waals surface area contributed by atoms with Crippen molar-refractivity contribution < 1.29 is 14.6 Å². The van der Waals surface area contributed by atoms with Gasteiger partial charge in [-0.15, -0.1) is 0 Å². The van der Waals surface area contributed by atoms with E-state index in [2.05, 4.69) is 15.9 Å². The van der Waals surface area contributed by atoms with Crippen molar-refractivity contribution in [1.29, 1.82) is 0 Å². The summed E-state index contributed by atoms with van der Waals surface area (Å²) in [6.45, 7) is 1.89. The molecule has 108 valence electrons. The third-order valence-electron chi connectivity index (χ3n) is 2.74. The first-order valence-corrected chi connectivity index (χ1v) is 7.27. The molecule has 1 N–H and O–H groups in total. The number of benzene rings is 2. The zero-order valence-electron chi connectivity index (χ0n) is 11.1. The predicted molar refractivity (Wildman–Crippen MR) is 87.1 cm³/mol. The molecular weight excluding hydrogens is 356 g/mol. The Bertz CT molecular complexity index is 711. The van der Waals surface area contributed by atoms with Gasteiger partial charge in [-0.1, -0.05) is 33.6 Å². The van der Waals surface area contributed by atoms with Crippen LogP contribution in [0, 0.1) is 6.92 Å². The van der Waals surface area contributed by atoms with E-state index in [0.29, 0.717) is 22.1 Å². The molecule has 0 aromatic heterocycles. The smallest absolute Gasteiger partial charge is 0.328 e. The number of aryl methyl sites for hydroxylation is 1. The molecule has 0 fully saturated rings. The molecule has 2 aromatic rings. The standard InChI is InChI=1S/C16H12BrClO3/c1-10-8-13(5-6-14(10)18)21-15-9-12(17)4-2-11(15)3-7-16(19)20/h2-9H,1H3,(H,19,20)/b7-3+. The van der Waals surface area contributed by atoms with E-state index in [1.165, 1.54) is 6.08 Å². The Hall–Kier alpha value is -1.78. The topological polar surface area (TPSA) is 46.5 Å². The van der Waals surface area contributed by atoms with Crippen molar-refractivity contribution in [2.24, 2.45) is 0 Å². The zero-order chi connectivity index (χ0) is 15.4. The molecule has 0 heterocycles. The van der Waals surface area contributed by atoms with E-state index in [0.717, 1.165) is 16.1 Å². The van der Waals surface area contributed by atoms with E-state index in [1.807, 2.05) is 19.1 Å². The molecule has 0 aliphatic heterocycles. The number of aliphatic carboxylic acids is 1. The van der Waals surface area contributed by atoms with Crippen LogP contribution in [0.4, 0.5) is 0 Å². The van der Waals surface area contributed by atoms with Crippen LogP contribution in [0.3, 0.4) is 0 Å². The minimum Gasteiger partial charge on any atom is -0.478 e. The van der Waals surface area contributed by atoms with E-state index in [1.54, 1.807) is 24.3 Å². The number of ether oxygens (including phenoxy) is 1. The Morgan fingerprint density at radius 2 is 2.05 bits per heavy atom. The van der Waals surface area contributed by atoms with Crippen molar-refractivity contribution >= 4 is 39.6 Å². The highest BCUT2D eigenvalue weighted by atomic mass is 79.9. The predicted octanol–water partition coefficient (Wildman–Crippen LogP) is 5.30. The van der Waals surface area contributed by atoms with Crippen LogP contribution in [0.25, 0.3) is 6.08 Å². The van der Waals surface area contributed by atoms with Crippen molar-refractivity contribution in [3.63, 3.8) is 0 Å². The van der Waals surface area contributed by atoms with Gasteiger partial charge in [0.25, 0.3) is 0 Å². The number of carbonyl (C=O) groups is 1. The Labute approximate surface area is 135 Å². The summed E-state index contributed by atoms with van der Waals surface area (Å²) in [6.07, 6.45) is 2.57. The quantitative estimate of drug-likeness (QED) is 0.746. The van der Waals surface area contributed by atoms with Gasteiger partial charge in [0.1, 0.15) is 11.5 Å². The molecule has 0 aliphatic rings. The van der Waals surface area contributed by atoms with Crippen LogP contribution in [0.15, 0.2) is 46.9 Å². The van der Waals surface area contributed by atoms with Gasteiger partial charge in [-0.25, -0.2) is 4.79 Å². The molecule has 0 spiro atoms. The molecule has 0 saturated carbocycles. The highest BCUT2D eigenvalue weighted by Gasteiger charge is 2.06. The first-order valence-electron chi connectivity index (χ1n) is 6.10. The van der Waals surface area contributed by atoms with Gasteiger partial charge in [0.2, 0.25) is 0 Å². The lowest BCUT2D eigenvalue weighted by atomic mass is 10.2. The minimum absolute atomic E-state index is 0.559. The van der Waals surface area contributed by atoms with Crippen LogP contribution in [0.1, 0.15) is 11.1 Å². The molecule has 5 heteroatoms. The van der Waals surface area contributed by atoms with Crippen LogP contribution in [-0.4, -0.2) is 11.1 Å². The number of rotatable bonds is 4. The summed E-state index contributed by atoms with van der Waals surface area (Å²) >= 11 is 9.36. The Balaban J connectivity index is 2.35. The van der Waals surface area contributed by atoms with Gasteiger partial charge >= 0.3 is 5.97 Å². The summed E-state index contributed by atoms with van der Waals surface area (Å²) < 4.78 is 6.67. The van der Waals surface area contributed by atoms with Gasteiger partial charge in [-0.3, -0.25) is 0 Å². The monoisotopic (exact) mass is 366 g/mol. The molecule has 3 nitrogen and oxygen atoms in total. The number of hydrogen-bond acceptors (Lipinski definition) is 2. The second-order valence-electron chi connectivity index (χ2n) is 4.37. The number of hydrogen-bond donors (Lipinski definition) is 1. The fourth-order valence-corrected chi connectivity index (χ4v) is 2.16. The third kappa shape index (κ3) is 4.34. The van der Waals surface area contributed by atoms with Crippen molar-refractivity contribution in [1.82, 2.24) is 0 Å². The molecule has 0 atom stereocenters. The largest absolute Gasteiger partial charge is 0.478 e. The second-order valence-corrected chi connectivity index (χ2v) is 5.69. The van der Waals surface area contributed by atoms with Crippen LogP contribution in [-0.2, 0) is 4.79 Å². The van der Waals surface area contributed by atoms with Crippen LogP contribution in [0.5, 0.6) is 11.5 Å². The van der Waals surface area contributed by atoms with Gasteiger partial charge in [-0.05, 0) is 48.9 Å². The van der Waals surface area contributed by atoms with Gasteiger partial charge in [-0.2, -0.15) is 0 Å². The highest BCUT2D eigenvalue weighted by molar-refractivity contribution is 9.10. The lowest BCUT2D eigenvalue weighted by Crippen LogP contribution is -1.90. The summed E-state index contributed by atoms with van der Waals surface area (Å²) in [6, 6.07) is 10.7. The molecule has 0 aliphatic carbocycles. The lowest BCUT2D eigenvalue weighted by molar-refractivity contribution is -0.131. The molecule has 0 bridgehead atoms. The first-order chi connectivity index (χ1) is 9.95. The molecule has 0 radical (unpaired) electrons. The average Bonchev–Trinajstić information content (AvgIpc) is 2.42. The van der Waals surface area contributed by atoms with E-state index in [-0.39, 0.29) is 0 Å². The average molecular weight is 368 g/mol. The lowest BCUT2D eigenvalue weighted by Gasteiger charge is -2.10.